The average molecular weight is 371 g/mol. The average Bonchev–Trinajstić information content (AvgIpc) is 3.25. The van der Waals surface area contributed by atoms with Crippen molar-refractivity contribution in [2.45, 2.75) is 38.8 Å². The van der Waals surface area contributed by atoms with Crippen molar-refractivity contribution >= 4 is 16.9 Å². The van der Waals surface area contributed by atoms with E-state index in [4.69, 9.17) is 4.42 Å². The number of aryl methyl sites for hydroxylation is 2. The molecule has 1 aromatic heterocycles. The molecule has 0 unspecified atom stereocenters. The van der Waals surface area contributed by atoms with Gasteiger partial charge in [0.15, 0.2) is 0 Å². The molecule has 0 fully saturated rings. The summed E-state index contributed by atoms with van der Waals surface area (Å²) in [6, 6.07) is 10.4. The van der Waals surface area contributed by atoms with Crippen molar-refractivity contribution in [2.75, 3.05) is 0 Å². The summed E-state index contributed by atoms with van der Waals surface area (Å²) in [4.78, 5) is 12.3. The molecule has 4 nitrogen and oxygen atoms in total. The molecule has 0 radical (unpaired) electrons. The van der Waals surface area contributed by atoms with Crippen LogP contribution in [-0.2, 0) is 30.6 Å². The Morgan fingerprint density at radius 3 is 2.63 bits per heavy atom. The number of ether oxygens (including phenoxy) is 1. The smallest absolute Gasteiger partial charge is 0.387 e. The number of fused-ring (bicyclic) bond motifs is 2. The lowest BCUT2D eigenvalue weighted by atomic mass is 10.0. The third-order valence-corrected chi connectivity index (χ3v) is 4.86. The summed E-state index contributed by atoms with van der Waals surface area (Å²) in [7, 11) is 0. The summed E-state index contributed by atoms with van der Waals surface area (Å²) in [5.41, 5.74) is 5.19. The van der Waals surface area contributed by atoms with Crippen LogP contribution in [0.5, 0.6) is 5.75 Å². The van der Waals surface area contributed by atoms with Crippen molar-refractivity contribution < 1.29 is 22.7 Å². The Hall–Kier alpha value is -2.89. The lowest BCUT2D eigenvalue weighted by Gasteiger charge is -2.07. The van der Waals surface area contributed by atoms with Crippen LogP contribution in [0.25, 0.3) is 11.0 Å². The molecule has 0 spiro atoms. The molecule has 1 amide bonds. The summed E-state index contributed by atoms with van der Waals surface area (Å²) in [6.45, 7) is -2.53. The van der Waals surface area contributed by atoms with E-state index in [2.05, 4.69) is 22.2 Å². The van der Waals surface area contributed by atoms with Gasteiger partial charge in [0.25, 0.3) is 0 Å². The van der Waals surface area contributed by atoms with Gasteiger partial charge in [0.1, 0.15) is 11.3 Å². The fourth-order valence-corrected chi connectivity index (χ4v) is 3.51. The summed E-state index contributed by atoms with van der Waals surface area (Å²) in [5, 5.41) is 3.84. The molecule has 0 saturated heterocycles. The largest absolute Gasteiger partial charge is 0.464 e. The minimum Gasteiger partial charge on any atom is -0.464 e. The Bertz CT molecular complexity index is 963. The first-order chi connectivity index (χ1) is 13.1. The topological polar surface area (TPSA) is 51.5 Å². The monoisotopic (exact) mass is 371 g/mol. The minimum absolute atomic E-state index is 0.0949. The van der Waals surface area contributed by atoms with Gasteiger partial charge in [-0.2, -0.15) is 8.78 Å². The van der Waals surface area contributed by atoms with E-state index in [9.17, 15) is 13.6 Å². The quantitative estimate of drug-likeness (QED) is 0.700. The Kier molecular flexibility index (Phi) is 4.79. The molecule has 0 aliphatic heterocycles. The highest BCUT2D eigenvalue weighted by Gasteiger charge is 2.16. The Morgan fingerprint density at radius 1 is 1.15 bits per heavy atom. The van der Waals surface area contributed by atoms with Gasteiger partial charge in [-0.25, -0.2) is 0 Å². The molecule has 0 saturated carbocycles. The number of nitrogens with one attached hydrogen (secondary N) is 1. The third kappa shape index (κ3) is 3.94. The number of hydrogen-bond donors (Lipinski definition) is 1. The van der Waals surface area contributed by atoms with Gasteiger partial charge in [-0.1, -0.05) is 12.1 Å². The molecule has 1 heterocycles. The van der Waals surface area contributed by atoms with Crippen LogP contribution in [0.1, 0.15) is 28.7 Å². The van der Waals surface area contributed by atoms with Crippen molar-refractivity contribution in [3.8, 4) is 5.75 Å². The van der Waals surface area contributed by atoms with Crippen LogP contribution < -0.4 is 10.1 Å². The van der Waals surface area contributed by atoms with Gasteiger partial charge in [-0.3, -0.25) is 4.79 Å². The first-order valence-corrected chi connectivity index (χ1v) is 8.91. The maximum absolute atomic E-state index is 12.3. The fourth-order valence-electron chi connectivity index (χ4n) is 3.51. The number of carbonyl (C=O) groups is 1. The van der Waals surface area contributed by atoms with Gasteiger partial charge in [0, 0.05) is 17.5 Å². The summed E-state index contributed by atoms with van der Waals surface area (Å²) < 4.78 is 34.2. The predicted molar refractivity (Wildman–Crippen MR) is 96.9 cm³/mol. The normalized spacial score (nSPS) is 13.1. The van der Waals surface area contributed by atoms with E-state index in [-0.39, 0.29) is 18.1 Å². The number of benzene rings is 2. The molecule has 6 heteroatoms. The van der Waals surface area contributed by atoms with Crippen LogP contribution in [0.4, 0.5) is 8.78 Å². The number of halogens is 2. The Morgan fingerprint density at radius 2 is 1.89 bits per heavy atom. The van der Waals surface area contributed by atoms with Crippen LogP contribution >= 0.6 is 0 Å². The Balaban J connectivity index is 1.37. The first kappa shape index (κ1) is 17.5. The number of rotatable bonds is 6. The summed E-state index contributed by atoms with van der Waals surface area (Å²) >= 11 is 0. The number of hydrogen-bond acceptors (Lipinski definition) is 3. The van der Waals surface area contributed by atoms with Crippen LogP contribution in [0, 0.1) is 0 Å². The van der Waals surface area contributed by atoms with Crippen molar-refractivity contribution in [3.05, 3.63) is 64.9 Å². The van der Waals surface area contributed by atoms with Gasteiger partial charge < -0.3 is 14.5 Å². The minimum atomic E-state index is -2.85. The van der Waals surface area contributed by atoms with Crippen molar-refractivity contribution in [1.29, 1.82) is 0 Å². The predicted octanol–water partition coefficient (Wildman–Crippen LogP) is 4.38. The van der Waals surface area contributed by atoms with Crippen LogP contribution in [0.3, 0.4) is 0 Å². The van der Waals surface area contributed by atoms with Crippen molar-refractivity contribution in [1.82, 2.24) is 5.32 Å². The highest BCUT2D eigenvalue weighted by Crippen LogP contribution is 2.30. The third-order valence-electron chi connectivity index (χ3n) is 4.86. The summed E-state index contributed by atoms with van der Waals surface area (Å²) in [5.74, 6) is -0.0245. The van der Waals surface area contributed by atoms with Gasteiger partial charge in [-0.15, -0.1) is 0 Å². The zero-order valence-electron chi connectivity index (χ0n) is 14.6. The van der Waals surface area contributed by atoms with E-state index in [1.165, 1.54) is 29.7 Å². The first-order valence-electron chi connectivity index (χ1n) is 8.91. The lowest BCUT2D eigenvalue weighted by Crippen LogP contribution is -2.24. The molecule has 3 aromatic rings. The zero-order valence-corrected chi connectivity index (χ0v) is 14.6. The molecular formula is C21H19F2NO3. The number of amides is 1. The van der Waals surface area contributed by atoms with E-state index in [1.54, 1.807) is 18.4 Å². The molecule has 4 rings (SSSR count). The van der Waals surface area contributed by atoms with E-state index >= 15 is 0 Å². The second kappa shape index (κ2) is 7.39. The zero-order chi connectivity index (χ0) is 18.8. The molecule has 0 atom stereocenters. The van der Waals surface area contributed by atoms with Crippen LogP contribution in [-0.4, -0.2) is 12.5 Å². The second-order valence-electron chi connectivity index (χ2n) is 6.71. The van der Waals surface area contributed by atoms with Gasteiger partial charge in [-0.05, 0) is 60.2 Å². The molecule has 0 bridgehead atoms. The van der Waals surface area contributed by atoms with Gasteiger partial charge in [0.2, 0.25) is 5.91 Å². The highest BCUT2D eigenvalue weighted by molar-refractivity contribution is 5.88. The molecule has 27 heavy (non-hydrogen) atoms. The fraction of sp³-hybridized carbons (Fsp3) is 0.286. The Labute approximate surface area is 155 Å². The highest BCUT2D eigenvalue weighted by atomic mass is 19.3. The maximum Gasteiger partial charge on any atom is 0.387 e. The molecule has 1 N–H and O–H groups in total. The molecule has 1 aliphatic carbocycles. The number of alkyl halides is 2. The second-order valence-corrected chi connectivity index (χ2v) is 6.71. The van der Waals surface area contributed by atoms with E-state index in [0.29, 0.717) is 6.54 Å². The molecule has 1 aliphatic rings. The van der Waals surface area contributed by atoms with E-state index in [1.807, 2.05) is 0 Å². The van der Waals surface area contributed by atoms with E-state index < -0.39 is 6.61 Å². The standard InChI is InChI=1S/C21H19F2NO3/c22-21(23)27-17-6-4-13(5-7-17)11-24-20(25)10-16-12-26-19-9-15-3-1-2-14(15)8-18(16)19/h4-9,12,21H,1-3,10-11H2,(H,24,25). The van der Waals surface area contributed by atoms with Crippen molar-refractivity contribution in [2.24, 2.45) is 0 Å². The van der Waals surface area contributed by atoms with Gasteiger partial charge >= 0.3 is 6.61 Å². The van der Waals surface area contributed by atoms with Crippen molar-refractivity contribution in [3.63, 3.8) is 0 Å². The van der Waals surface area contributed by atoms with Crippen LogP contribution in [0.2, 0.25) is 0 Å². The summed E-state index contributed by atoms with van der Waals surface area (Å²) in [6.07, 6.45) is 5.21. The molecule has 140 valence electrons. The van der Waals surface area contributed by atoms with Gasteiger partial charge in [0.05, 0.1) is 12.7 Å². The number of carbonyl (C=O) groups excluding carboxylic acids is 1. The van der Waals surface area contributed by atoms with E-state index in [0.717, 1.165) is 34.9 Å². The maximum atomic E-state index is 12.3. The SMILES string of the molecule is O=C(Cc1coc2cc3c(cc12)CCC3)NCc1ccc(OC(F)F)cc1. The van der Waals surface area contributed by atoms with Crippen LogP contribution in [0.15, 0.2) is 47.1 Å². The number of furan rings is 1. The lowest BCUT2D eigenvalue weighted by molar-refractivity contribution is -0.120. The molecular weight excluding hydrogens is 352 g/mol. The molecule has 2 aromatic carbocycles.